The van der Waals surface area contributed by atoms with E-state index in [9.17, 15) is 29.7 Å². The number of benzene rings is 2. The van der Waals surface area contributed by atoms with Crippen LogP contribution in [0.3, 0.4) is 0 Å². The van der Waals surface area contributed by atoms with Crippen LogP contribution >= 0.6 is 11.3 Å². The van der Waals surface area contributed by atoms with Crippen LogP contribution in [0.4, 0.5) is 0 Å². The number of aromatic nitrogens is 1. The second-order valence-corrected chi connectivity index (χ2v) is 7.47. The first-order chi connectivity index (χ1) is 14.2. The lowest BCUT2D eigenvalue weighted by Gasteiger charge is -2.11. The summed E-state index contributed by atoms with van der Waals surface area (Å²) < 4.78 is 1.31. The van der Waals surface area contributed by atoms with Gasteiger partial charge in [0.05, 0.1) is 15.6 Å². The molecule has 9 heteroatoms. The minimum absolute atomic E-state index is 0.00136. The normalized spacial score (nSPS) is 13.3. The van der Waals surface area contributed by atoms with Gasteiger partial charge in [0.15, 0.2) is 0 Å². The van der Waals surface area contributed by atoms with Crippen molar-refractivity contribution in [1.82, 2.24) is 4.57 Å². The van der Waals surface area contributed by atoms with Crippen LogP contribution < -0.4 is 14.8 Å². The summed E-state index contributed by atoms with van der Waals surface area (Å²) >= 11 is 0.980. The number of hydrogen-bond acceptors (Lipinski definition) is 6. The van der Waals surface area contributed by atoms with Crippen LogP contribution in [0.25, 0.3) is 12.2 Å². The van der Waals surface area contributed by atoms with Gasteiger partial charge in [0.1, 0.15) is 17.5 Å². The highest BCUT2D eigenvalue weighted by molar-refractivity contribution is 7.07. The van der Waals surface area contributed by atoms with Gasteiger partial charge in [-0.2, -0.15) is 0 Å². The van der Waals surface area contributed by atoms with E-state index in [1.165, 1.54) is 36.4 Å². The fraction of sp³-hybridized carbons (Fsp3) is 0.0952. The van der Waals surface area contributed by atoms with Crippen LogP contribution in [0.15, 0.2) is 53.3 Å². The zero-order valence-corrected chi connectivity index (χ0v) is 16.2. The number of rotatable bonds is 6. The number of aromatic hydroxyl groups is 2. The lowest BCUT2D eigenvalue weighted by Crippen LogP contribution is -2.39. The lowest BCUT2D eigenvalue weighted by atomic mass is 10.2. The van der Waals surface area contributed by atoms with Crippen molar-refractivity contribution in [2.75, 3.05) is 0 Å². The third-order valence-electron chi connectivity index (χ3n) is 4.17. The van der Waals surface area contributed by atoms with Crippen molar-refractivity contribution in [3.05, 3.63) is 79.2 Å². The van der Waals surface area contributed by atoms with Gasteiger partial charge in [-0.1, -0.05) is 24.3 Å². The van der Waals surface area contributed by atoms with E-state index < -0.39 is 30.0 Å². The van der Waals surface area contributed by atoms with Crippen LogP contribution in [0.2, 0.25) is 0 Å². The van der Waals surface area contributed by atoms with E-state index in [1.807, 2.05) is 0 Å². The van der Waals surface area contributed by atoms with E-state index in [-0.39, 0.29) is 20.7 Å². The van der Waals surface area contributed by atoms with Gasteiger partial charge >= 0.3 is 11.9 Å². The van der Waals surface area contributed by atoms with E-state index in [2.05, 4.69) is 0 Å². The van der Waals surface area contributed by atoms with Crippen molar-refractivity contribution >= 4 is 35.4 Å². The van der Waals surface area contributed by atoms with Crippen LogP contribution in [-0.2, 0) is 9.59 Å². The molecule has 3 rings (SSSR count). The summed E-state index contributed by atoms with van der Waals surface area (Å²) in [4.78, 5) is 36.0. The van der Waals surface area contributed by atoms with Gasteiger partial charge in [-0.3, -0.25) is 14.2 Å². The summed E-state index contributed by atoms with van der Waals surface area (Å²) in [5, 5.41) is 38.0. The molecule has 1 atom stereocenters. The van der Waals surface area contributed by atoms with Crippen molar-refractivity contribution in [3.63, 3.8) is 0 Å². The van der Waals surface area contributed by atoms with Gasteiger partial charge in [-0.25, -0.2) is 4.79 Å². The highest BCUT2D eigenvalue weighted by Crippen LogP contribution is 2.13. The average Bonchev–Trinajstić information content (AvgIpc) is 2.94. The van der Waals surface area contributed by atoms with Gasteiger partial charge in [0.25, 0.3) is 5.56 Å². The Morgan fingerprint density at radius 1 is 0.967 bits per heavy atom. The lowest BCUT2D eigenvalue weighted by molar-refractivity contribution is -0.147. The Labute approximate surface area is 173 Å². The van der Waals surface area contributed by atoms with Gasteiger partial charge in [-0.15, -0.1) is 11.3 Å². The minimum atomic E-state index is -1.61. The highest BCUT2D eigenvalue weighted by Gasteiger charge is 2.26. The second kappa shape index (κ2) is 8.66. The summed E-state index contributed by atoms with van der Waals surface area (Å²) in [6, 6.07) is 10.7. The quantitative estimate of drug-likeness (QED) is 0.462. The number of phenols is 2. The first-order valence-electron chi connectivity index (χ1n) is 8.72. The predicted octanol–water partition coefficient (Wildman–Crippen LogP) is 1.08. The van der Waals surface area contributed by atoms with Gasteiger partial charge < -0.3 is 20.4 Å². The molecule has 0 amide bonds. The van der Waals surface area contributed by atoms with Crippen molar-refractivity contribution in [3.8, 4) is 11.5 Å². The summed E-state index contributed by atoms with van der Waals surface area (Å²) in [5.74, 6) is -2.82. The predicted molar refractivity (Wildman–Crippen MR) is 110 cm³/mol. The van der Waals surface area contributed by atoms with E-state index in [0.717, 1.165) is 15.9 Å². The van der Waals surface area contributed by atoms with Crippen molar-refractivity contribution in [1.29, 1.82) is 0 Å². The molecule has 1 aromatic heterocycles. The Morgan fingerprint density at radius 2 is 1.53 bits per heavy atom. The molecule has 2 aromatic carbocycles. The molecule has 4 N–H and O–H groups in total. The number of aliphatic carboxylic acids is 2. The molecule has 0 bridgehead atoms. The molecule has 0 aliphatic heterocycles. The molecule has 3 aromatic rings. The number of hydrogen-bond donors (Lipinski definition) is 4. The maximum Gasteiger partial charge on any atom is 0.327 e. The van der Waals surface area contributed by atoms with Gasteiger partial charge in [0, 0.05) is 0 Å². The van der Waals surface area contributed by atoms with Crippen LogP contribution in [0, 0.1) is 0 Å². The molecular weight excluding hydrogens is 410 g/mol. The van der Waals surface area contributed by atoms with Crippen molar-refractivity contribution < 1.29 is 30.0 Å². The largest absolute Gasteiger partial charge is 0.508 e. The molecule has 1 heterocycles. The Morgan fingerprint density at radius 3 is 2.03 bits per heavy atom. The third-order valence-corrected chi connectivity index (χ3v) is 5.21. The van der Waals surface area contributed by atoms with Crippen LogP contribution in [0.5, 0.6) is 11.5 Å². The summed E-state index contributed by atoms with van der Waals surface area (Å²) in [6.07, 6.45) is 2.21. The number of carbonyl (C=O) groups is 2. The fourth-order valence-electron chi connectivity index (χ4n) is 2.89. The number of carboxylic acids is 2. The maximum absolute atomic E-state index is 13.0. The smallest absolute Gasteiger partial charge is 0.327 e. The summed E-state index contributed by atoms with van der Waals surface area (Å²) in [7, 11) is 0. The molecule has 0 aliphatic rings. The monoisotopic (exact) mass is 427 g/mol. The SMILES string of the molecule is O=C(O)CC(C(=O)O)n1c(=Cc2cccc(O)c2)sc(=Cc2cccc(O)c2)c1=O. The average molecular weight is 427 g/mol. The molecule has 30 heavy (non-hydrogen) atoms. The number of thiazole rings is 1. The Hall–Kier alpha value is -3.85. The zero-order chi connectivity index (χ0) is 21.8. The number of phenolic OH excluding ortho intramolecular Hbond substituents is 2. The van der Waals surface area contributed by atoms with Crippen LogP contribution in [-0.4, -0.2) is 36.9 Å². The maximum atomic E-state index is 13.0. The molecule has 0 radical (unpaired) electrons. The Kier molecular flexibility index (Phi) is 6.03. The van der Waals surface area contributed by atoms with Crippen molar-refractivity contribution in [2.24, 2.45) is 0 Å². The second-order valence-electron chi connectivity index (χ2n) is 6.41. The highest BCUT2D eigenvalue weighted by atomic mass is 32.1. The molecule has 0 aliphatic carbocycles. The number of nitrogens with zero attached hydrogens (tertiary/aromatic N) is 1. The first kappa shape index (κ1) is 20.9. The van der Waals surface area contributed by atoms with Crippen LogP contribution in [0.1, 0.15) is 23.6 Å². The standard InChI is InChI=1S/C21H17NO7S/c23-14-5-1-3-12(7-14)9-17-20(27)22(16(21(28)29)11-19(25)26)18(30-17)10-13-4-2-6-15(24)8-13/h1-10,16,23-24H,11H2,(H,25,26)(H,28,29). The topological polar surface area (TPSA) is 137 Å². The third kappa shape index (κ3) is 4.76. The summed E-state index contributed by atoms with van der Waals surface area (Å²) in [6.45, 7) is 0. The molecule has 0 spiro atoms. The molecule has 0 fully saturated rings. The Balaban J connectivity index is 2.30. The van der Waals surface area contributed by atoms with Gasteiger partial charge in [0.2, 0.25) is 0 Å². The fourth-order valence-corrected chi connectivity index (χ4v) is 4.00. The molecule has 0 saturated carbocycles. The van der Waals surface area contributed by atoms with Crippen molar-refractivity contribution in [2.45, 2.75) is 12.5 Å². The molecule has 1 unspecified atom stereocenters. The zero-order valence-electron chi connectivity index (χ0n) is 15.4. The molecule has 8 nitrogen and oxygen atoms in total. The van der Waals surface area contributed by atoms with E-state index in [4.69, 9.17) is 5.11 Å². The molecule has 154 valence electrons. The first-order valence-corrected chi connectivity index (χ1v) is 9.53. The van der Waals surface area contributed by atoms with Gasteiger partial charge in [-0.05, 0) is 47.5 Å². The van der Waals surface area contributed by atoms with E-state index in [0.29, 0.717) is 11.1 Å². The summed E-state index contributed by atoms with van der Waals surface area (Å²) in [5.41, 5.74) is 0.367. The van der Waals surface area contributed by atoms with E-state index >= 15 is 0 Å². The molecular formula is C21H17NO7S. The molecule has 0 saturated heterocycles. The Bertz CT molecular complexity index is 1290. The number of carboxylic acid groups (broad SMARTS) is 2. The minimum Gasteiger partial charge on any atom is -0.508 e. The van der Waals surface area contributed by atoms with E-state index in [1.54, 1.807) is 24.3 Å².